The normalized spacial score (nSPS) is 21.4. The van der Waals surface area contributed by atoms with E-state index in [1.165, 1.54) is 0 Å². The van der Waals surface area contributed by atoms with Gasteiger partial charge in [-0.05, 0) is 25.5 Å². The van der Waals surface area contributed by atoms with Gasteiger partial charge in [0.25, 0.3) is 0 Å². The molecule has 0 aromatic heterocycles. The number of hydrogen-bond donors (Lipinski definition) is 3. The van der Waals surface area contributed by atoms with E-state index in [9.17, 15) is 10.2 Å². The fourth-order valence-electron chi connectivity index (χ4n) is 1.95. The maximum Gasteiger partial charge on any atom is 0.161 e. The predicted octanol–water partition coefficient (Wildman–Crippen LogP) is 1.48. The van der Waals surface area contributed by atoms with E-state index in [4.69, 9.17) is 0 Å². The van der Waals surface area contributed by atoms with Crippen LogP contribution in [0.1, 0.15) is 23.5 Å². The Bertz CT molecular complexity index is 343. The highest BCUT2D eigenvalue weighted by atomic mass is 16.3. The maximum absolute atomic E-state index is 9.76. The van der Waals surface area contributed by atoms with Crippen LogP contribution in [0.3, 0.4) is 0 Å². The molecule has 0 radical (unpaired) electrons. The Kier molecular flexibility index (Phi) is 2.33. The Morgan fingerprint density at radius 1 is 1.29 bits per heavy atom. The summed E-state index contributed by atoms with van der Waals surface area (Å²) < 4.78 is 0. The van der Waals surface area contributed by atoms with E-state index in [1.54, 1.807) is 6.92 Å². The van der Waals surface area contributed by atoms with Crippen molar-refractivity contribution in [2.45, 2.75) is 19.3 Å². The number of benzene rings is 1. The minimum atomic E-state index is 0.0226. The van der Waals surface area contributed by atoms with Crippen molar-refractivity contribution < 1.29 is 10.2 Å². The molecule has 1 saturated heterocycles. The first-order chi connectivity index (χ1) is 6.70. The van der Waals surface area contributed by atoms with Crippen molar-refractivity contribution in [2.75, 3.05) is 13.1 Å². The number of aryl methyl sites for hydroxylation is 1. The van der Waals surface area contributed by atoms with Crippen LogP contribution < -0.4 is 5.32 Å². The van der Waals surface area contributed by atoms with Crippen molar-refractivity contribution in [3.63, 3.8) is 0 Å². The molecule has 1 aliphatic rings. The van der Waals surface area contributed by atoms with Crippen LogP contribution in [0.4, 0.5) is 0 Å². The van der Waals surface area contributed by atoms with Gasteiger partial charge in [-0.3, -0.25) is 0 Å². The van der Waals surface area contributed by atoms with Gasteiger partial charge < -0.3 is 15.5 Å². The summed E-state index contributed by atoms with van der Waals surface area (Å²) >= 11 is 0. The zero-order chi connectivity index (χ0) is 10.1. The molecule has 0 aliphatic carbocycles. The van der Waals surface area contributed by atoms with Gasteiger partial charge in [0.05, 0.1) is 0 Å². The fourth-order valence-corrected chi connectivity index (χ4v) is 1.95. The number of phenols is 2. The Morgan fingerprint density at radius 3 is 2.71 bits per heavy atom. The molecule has 0 spiro atoms. The average molecular weight is 193 g/mol. The van der Waals surface area contributed by atoms with Gasteiger partial charge in [-0.15, -0.1) is 0 Å². The summed E-state index contributed by atoms with van der Waals surface area (Å²) in [4.78, 5) is 0. The Hall–Kier alpha value is -1.22. The van der Waals surface area contributed by atoms with E-state index in [2.05, 4.69) is 5.32 Å². The predicted molar refractivity (Wildman–Crippen MR) is 54.7 cm³/mol. The first-order valence-corrected chi connectivity index (χ1v) is 4.92. The highest BCUT2D eigenvalue weighted by Crippen LogP contribution is 2.38. The molecule has 14 heavy (non-hydrogen) atoms. The Balaban J connectivity index is 2.38. The number of hydrogen-bond acceptors (Lipinski definition) is 3. The highest BCUT2D eigenvalue weighted by Gasteiger charge is 2.21. The Morgan fingerprint density at radius 2 is 2.07 bits per heavy atom. The second kappa shape index (κ2) is 3.50. The Labute approximate surface area is 83.4 Å². The third-order valence-corrected chi connectivity index (χ3v) is 2.88. The number of nitrogens with one attached hydrogen (secondary N) is 1. The van der Waals surface area contributed by atoms with Crippen LogP contribution >= 0.6 is 0 Å². The summed E-state index contributed by atoms with van der Waals surface area (Å²) in [5.74, 6) is 0.412. The standard InChI is InChI=1S/C11H15NO2/c1-7-2-3-9(11(14)10(7)13)8-4-5-12-6-8/h2-3,8,12-14H,4-6H2,1H3. The van der Waals surface area contributed by atoms with E-state index in [1.807, 2.05) is 12.1 Å². The minimum absolute atomic E-state index is 0.0226. The van der Waals surface area contributed by atoms with Crippen molar-refractivity contribution in [2.24, 2.45) is 0 Å². The summed E-state index contributed by atoms with van der Waals surface area (Å²) in [5, 5.41) is 22.6. The largest absolute Gasteiger partial charge is 0.504 e. The zero-order valence-corrected chi connectivity index (χ0v) is 8.25. The second-order valence-corrected chi connectivity index (χ2v) is 3.86. The van der Waals surface area contributed by atoms with Gasteiger partial charge in [-0.2, -0.15) is 0 Å². The molecule has 1 fully saturated rings. The van der Waals surface area contributed by atoms with Crippen LogP contribution in [0.25, 0.3) is 0 Å². The number of aromatic hydroxyl groups is 2. The van der Waals surface area contributed by atoms with Crippen molar-refractivity contribution >= 4 is 0 Å². The molecule has 1 aromatic carbocycles. The van der Waals surface area contributed by atoms with Crippen molar-refractivity contribution in [1.82, 2.24) is 5.32 Å². The van der Waals surface area contributed by atoms with E-state index in [0.717, 1.165) is 30.6 Å². The molecule has 1 aromatic rings. The summed E-state index contributed by atoms with van der Waals surface area (Å²) in [7, 11) is 0. The molecule has 1 unspecified atom stereocenters. The SMILES string of the molecule is Cc1ccc(C2CCNC2)c(O)c1O. The highest BCUT2D eigenvalue weighted by molar-refractivity contribution is 5.51. The average Bonchev–Trinajstić information content (AvgIpc) is 2.67. The van der Waals surface area contributed by atoms with E-state index < -0.39 is 0 Å². The molecule has 1 heterocycles. The van der Waals surface area contributed by atoms with Gasteiger partial charge in [-0.25, -0.2) is 0 Å². The smallest absolute Gasteiger partial charge is 0.161 e. The fraction of sp³-hybridized carbons (Fsp3) is 0.455. The molecule has 3 N–H and O–H groups in total. The van der Waals surface area contributed by atoms with E-state index >= 15 is 0 Å². The van der Waals surface area contributed by atoms with Gasteiger partial charge in [0.15, 0.2) is 11.5 Å². The van der Waals surface area contributed by atoms with Gasteiger partial charge in [0.1, 0.15) is 0 Å². The molecule has 76 valence electrons. The van der Waals surface area contributed by atoms with E-state index in [-0.39, 0.29) is 11.5 Å². The lowest BCUT2D eigenvalue weighted by molar-refractivity contribution is 0.394. The molecule has 3 nitrogen and oxygen atoms in total. The second-order valence-electron chi connectivity index (χ2n) is 3.86. The van der Waals surface area contributed by atoms with Crippen LogP contribution in [0.15, 0.2) is 12.1 Å². The van der Waals surface area contributed by atoms with Gasteiger partial charge in [-0.1, -0.05) is 12.1 Å². The molecule has 1 atom stereocenters. The zero-order valence-electron chi connectivity index (χ0n) is 8.25. The molecule has 0 amide bonds. The topological polar surface area (TPSA) is 52.5 Å². The maximum atomic E-state index is 9.76. The third kappa shape index (κ3) is 1.44. The summed E-state index contributed by atoms with van der Waals surface area (Å²) in [6, 6.07) is 3.75. The lowest BCUT2D eigenvalue weighted by Gasteiger charge is -2.13. The molecule has 3 heteroatoms. The van der Waals surface area contributed by atoms with Gasteiger partial charge >= 0.3 is 0 Å². The summed E-state index contributed by atoms with van der Waals surface area (Å²) in [6.07, 6.45) is 1.02. The van der Waals surface area contributed by atoms with Crippen molar-refractivity contribution in [3.05, 3.63) is 23.3 Å². The first-order valence-electron chi connectivity index (χ1n) is 4.92. The molecular formula is C11H15NO2. The first kappa shape index (κ1) is 9.34. The molecule has 0 saturated carbocycles. The molecule has 1 aliphatic heterocycles. The van der Waals surface area contributed by atoms with Crippen LogP contribution in [0.2, 0.25) is 0 Å². The van der Waals surface area contributed by atoms with Crippen LogP contribution in [-0.2, 0) is 0 Å². The van der Waals surface area contributed by atoms with Crippen molar-refractivity contribution in [3.8, 4) is 11.5 Å². The van der Waals surface area contributed by atoms with Crippen LogP contribution in [0.5, 0.6) is 11.5 Å². The monoisotopic (exact) mass is 193 g/mol. The summed E-state index contributed by atoms with van der Waals surface area (Å²) in [6.45, 7) is 3.65. The van der Waals surface area contributed by atoms with Crippen LogP contribution in [-0.4, -0.2) is 23.3 Å². The quantitative estimate of drug-likeness (QED) is 0.592. The van der Waals surface area contributed by atoms with Crippen LogP contribution in [0, 0.1) is 6.92 Å². The molecular weight excluding hydrogens is 178 g/mol. The molecule has 2 rings (SSSR count). The minimum Gasteiger partial charge on any atom is -0.504 e. The number of phenolic OH excluding ortho intramolecular Hbond substituents is 2. The lowest BCUT2D eigenvalue weighted by Crippen LogP contribution is -2.08. The van der Waals surface area contributed by atoms with E-state index in [0.29, 0.717) is 5.92 Å². The summed E-state index contributed by atoms with van der Waals surface area (Å²) in [5.41, 5.74) is 1.58. The molecule has 0 bridgehead atoms. The lowest BCUT2D eigenvalue weighted by atomic mass is 9.96. The van der Waals surface area contributed by atoms with Crippen molar-refractivity contribution in [1.29, 1.82) is 0 Å². The van der Waals surface area contributed by atoms with Gasteiger partial charge in [0.2, 0.25) is 0 Å². The third-order valence-electron chi connectivity index (χ3n) is 2.88. The van der Waals surface area contributed by atoms with Gasteiger partial charge in [0, 0.05) is 18.0 Å². The number of rotatable bonds is 1.